The van der Waals surface area contributed by atoms with Gasteiger partial charge in [-0.25, -0.2) is 0 Å². The van der Waals surface area contributed by atoms with E-state index in [2.05, 4.69) is 10.7 Å². The first-order valence-corrected chi connectivity index (χ1v) is 6.59. The average Bonchev–Trinajstić information content (AvgIpc) is 2.35. The fourth-order valence-electron chi connectivity index (χ4n) is 2.38. The number of rotatable bonds is 5. The molecular formula is C13H18N4O3. The zero-order valence-electron chi connectivity index (χ0n) is 11.3. The molecule has 7 heteroatoms. The van der Waals surface area contributed by atoms with E-state index in [-0.39, 0.29) is 23.0 Å². The molecular weight excluding hydrogens is 260 g/mol. The van der Waals surface area contributed by atoms with Crippen molar-refractivity contribution in [2.75, 3.05) is 5.43 Å². The number of nitrogens with two attached hydrogens (primary N) is 1. The van der Waals surface area contributed by atoms with Crippen molar-refractivity contribution in [2.45, 2.75) is 32.2 Å². The topological polar surface area (TPSA) is 110 Å². The van der Waals surface area contributed by atoms with E-state index in [1.807, 2.05) is 6.92 Å². The maximum Gasteiger partial charge on any atom is 0.306 e. The summed E-state index contributed by atoms with van der Waals surface area (Å²) in [6.45, 7) is 1.93. The van der Waals surface area contributed by atoms with Gasteiger partial charge < -0.3 is 10.7 Å². The first-order valence-electron chi connectivity index (χ1n) is 6.59. The van der Waals surface area contributed by atoms with Gasteiger partial charge in [-0.05, 0) is 37.8 Å². The van der Waals surface area contributed by atoms with E-state index in [1.54, 1.807) is 6.07 Å². The molecule has 1 aromatic carbocycles. The van der Waals surface area contributed by atoms with Crippen LogP contribution in [0.2, 0.25) is 0 Å². The van der Waals surface area contributed by atoms with E-state index < -0.39 is 10.8 Å². The number of carbonyl (C=O) groups excluding carboxylic acids is 1. The number of para-hydroxylation sites is 1. The van der Waals surface area contributed by atoms with Crippen LogP contribution < -0.4 is 16.6 Å². The van der Waals surface area contributed by atoms with E-state index in [1.165, 1.54) is 18.6 Å². The molecule has 1 saturated carbocycles. The predicted octanol–water partition coefficient (Wildman–Crippen LogP) is 1.80. The maximum absolute atomic E-state index is 12.2. The molecule has 0 saturated heterocycles. The third kappa shape index (κ3) is 2.72. The van der Waals surface area contributed by atoms with E-state index >= 15 is 0 Å². The summed E-state index contributed by atoms with van der Waals surface area (Å²) in [5, 5.41) is 14.0. The fraction of sp³-hybridized carbons (Fsp3) is 0.462. The lowest BCUT2D eigenvalue weighted by Gasteiger charge is -2.31. The molecule has 7 nitrogen and oxygen atoms in total. The summed E-state index contributed by atoms with van der Waals surface area (Å²) in [5.41, 5.74) is 2.10. The molecule has 0 aromatic heterocycles. The Bertz CT molecular complexity index is 528. The number of hydrogen-bond acceptors (Lipinski definition) is 5. The van der Waals surface area contributed by atoms with E-state index in [0.717, 1.165) is 12.8 Å². The number of amides is 1. The molecule has 0 bridgehead atoms. The average molecular weight is 278 g/mol. The van der Waals surface area contributed by atoms with Crippen LogP contribution in [0.25, 0.3) is 0 Å². The highest BCUT2D eigenvalue weighted by atomic mass is 16.6. The molecule has 1 fully saturated rings. The molecule has 1 unspecified atom stereocenters. The second-order valence-electron chi connectivity index (χ2n) is 5.06. The van der Waals surface area contributed by atoms with Gasteiger partial charge in [0.2, 0.25) is 0 Å². The van der Waals surface area contributed by atoms with Gasteiger partial charge >= 0.3 is 5.69 Å². The molecule has 1 aliphatic rings. The fourth-order valence-corrected chi connectivity index (χ4v) is 2.38. The Morgan fingerprint density at radius 2 is 2.20 bits per heavy atom. The second kappa shape index (κ2) is 5.87. The van der Waals surface area contributed by atoms with Crippen molar-refractivity contribution in [3.63, 3.8) is 0 Å². The van der Waals surface area contributed by atoms with Crippen LogP contribution in [0.15, 0.2) is 18.2 Å². The minimum absolute atomic E-state index is 0.0188. The lowest BCUT2D eigenvalue weighted by Crippen LogP contribution is -2.40. The SMILES string of the molecule is CC(NC(=O)c1cccc(NN)c1[N+](=O)[O-])C1CCC1. The molecule has 108 valence electrons. The van der Waals surface area contributed by atoms with Crippen molar-refractivity contribution >= 4 is 17.3 Å². The van der Waals surface area contributed by atoms with Gasteiger partial charge in [-0.1, -0.05) is 12.5 Å². The molecule has 0 aliphatic heterocycles. The Labute approximate surface area is 116 Å². The summed E-state index contributed by atoms with van der Waals surface area (Å²) in [6.07, 6.45) is 3.36. The van der Waals surface area contributed by atoms with Crippen LogP contribution in [0.5, 0.6) is 0 Å². The van der Waals surface area contributed by atoms with Crippen LogP contribution in [0.3, 0.4) is 0 Å². The number of hydrazine groups is 1. The number of nitro groups is 1. The first-order chi connectivity index (χ1) is 9.54. The molecule has 4 N–H and O–H groups in total. The third-order valence-electron chi connectivity index (χ3n) is 3.83. The summed E-state index contributed by atoms with van der Waals surface area (Å²) < 4.78 is 0. The Morgan fingerprint density at radius 1 is 1.50 bits per heavy atom. The summed E-state index contributed by atoms with van der Waals surface area (Å²) >= 11 is 0. The molecule has 1 atom stereocenters. The number of nitrogens with one attached hydrogen (secondary N) is 2. The van der Waals surface area contributed by atoms with Crippen LogP contribution in [-0.2, 0) is 0 Å². The van der Waals surface area contributed by atoms with Gasteiger partial charge in [0.1, 0.15) is 11.3 Å². The normalized spacial score (nSPS) is 16.1. The first kappa shape index (κ1) is 14.3. The lowest BCUT2D eigenvalue weighted by molar-refractivity contribution is -0.384. The molecule has 1 amide bonds. The number of carbonyl (C=O) groups is 1. The number of nitrogens with zero attached hydrogens (tertiary/aromatic N) is 1. The van der Waals surface area contributed by atoms with Crippen molar-refractivity contribution < 1.29 is 9.72 Å². The van der Waals surface area contributed by atoms with Gasteiger partial charge in [0, 0.05) is 6.04 Å². The zero-order valence-corrected chi connectivity index (χ0v) is 11.3. The van der Waals surface area contributed by atoms with Crippen molar-refractivity contribution in [1.29, 1.82) is 0 Å². The monoisotopic (exact) mass is 278 g/mol. The quantitative estimate of drug-likeness (QED) is 0.432. The van der Waals surface area contributed by atoms with Crippen LogP contribution >= 0.6 is 0 Å². The maximum atomic E-state index is 12.2. The summed E-state index contributed by atoms with van der Waals surface area (Å²) in [5.74, 6) is 5.28. The largest absolute Gasteiger partial charge is 0.349 e. The van der Waals surface area contributed by atoms with Gasteiger partial charge in [0.15, 0.2) is 0 Å². The van der Waals surface area contributed by atoms with E-state index in [4.69, 9.17) is 5.84 Å². The molecule has 2 rings (SSSR count). The lowest BCUT2D eigenvalue weighted by atomic mass is 9.80. The van der Waals surface area contributed by atoms with Gasteiger partial charge in [-0.15, -0.1) is 0 Å². The Hall–Kier alpha value is -2.15. The highest BCUT2D eigenvalue weighted by Gasteiger charge is 2.28. The zero-order chi connectivity index (χ0) is 14.7. The highest BCUT2D eigenvalue weighted by Crippen LogP contribution is 2.31. The number of nitro benzene ring substituents is 1. The van der Waals surface area contributed by atoms with Crippen LogP contribution in [0.4, 0.5) is 11.4 Å². The molecule has 1 aromatic rings. The van der Waals surface area contributed by atoms with Gasteiger partial charge in [-0.3, -0.25) is 20.8 Å². The van der Waals surface area contributed by atoms with Gasteiger partial charge in [-0.2, -0.15) is 0 Å². The van der Waals surface area contributed by atoms with E-state index in [0.29, 0.717) is 5.92 Å². The molecule has 1 aliphatic carbocycles. The number of nitrogen functional groups attached to an aromatic ring is 1. The summed E-state index contributed by atoms with van der Waals surface area (Å²) in [6, 6.07) is 4.47. The molecule has 0 spiro atoms. The van der Waals surface area contributed by atoms with E-state index in [9.17, 15) is 14.9 Å². The second-order valence-corrected chi connectivity index (χ2v) is 5.06. The van der Waals surface area contributed by atoms with Crippen molar-refractivity contribution in [2.24, 2.45) is 11.8 Å². The minimum atomic E-state index is -0.599. The Balaban J connectivity index is 2.22. The minimum Gasteiger partial charge on any atom is -0.349 e. The van der Waals surface area contributed by atoms with Gasteiger partial charge in [0.25, 0.3) is 5.91 Å². The van der Waals surface area contributed by atoms with Crippen molar-refractivity contribution in [3.8, 4) is 0 Å². The highest BCUT2D eigenvalue weighted by molar-refractivity contribution is 6.00. The number of benzene rings is 1. The smallest absolute Gasteiger partial charge is 0.306 e. The number of hydrogen-bond donors (Lipinski definition) is 3. The summed E-state index contributed by atoms with van der Waals surface area (Å²) in [4.78, 5) is 22.7. The molecule has 0 heterocycles. The van der Waals surface area contributed by atoms with Crippen LogP contribution in [-0.4, -0.2) is 16.9 Å². The Kier molecular flexibility index (Phi) is 4.19. The van der Waals surface area contributed by atoms with Crippen LogP contribution in [0, 0.1) is 16.0 Å². The van der Waals surface area contributed by atoms with Crippen LogP contribution in [0.1, 0.15) is 36.5 Å². The third-order valence-corrected chi connectivity index (χ3v) is 3.83. The standard InChI is InChI=1S/C13H18N4O3/c1-8(9-4-2-5-9)15-13(18)10-6-3-7-11(16-14)12(10)17(19)20/h3,6-9,16H,2,4-5,14H2,1H3,(H,15,18). The predicted molar refractivity (Wildman–Crippen MR) is 75.2 cm³/mol. The molecule has 20 heavy (non-hydrogen) atoms. The molecule has 0 radical (unpaired) electrons. The van der Waals surface area contributed by atoms with Crippen molar-refractivity contribution in [3.05, 3.63) is 33.9 Å². The Morgan fingerprint density at radius 3 is 2.70 bits per heavy atom. The summed E-state index contributed by atoms with van der Waals surface area (Å²) in [7, 11) is 0. The van der Waals surface area contributed by atoms with Gasteiger partial charge in [0.05, 0.1) is 4.92 Å². The number of anilines is 1. The van der Waals surface area contributed by atoms with Crippen molar-refractivity contribution in [1.82, 2.24) is 5.32 Å².